The van der Waals surface area contributed by atoms with Gasteiger partial charge in [-0.05, 0) is 36.5 Å². The summed E-state index contributed by atoms with van der Waals surface area (Å²) < 4.78 is 0. The van der Waals surface area contributed by atoms with Crippen LogP contribution in [0.15, 0.2) is 54.6 Å². The zero-order valence-corrected chi connectivity index (χ0v) is 12.1. The summed E-state index contributed by atoms with van der Waals surface area (Å²) in [7, 11) is 0. The lowest BCUT2D eigenvalue weighted by Gasteiger charge is -2.14. The molecule has 0 fully saturated rings. The quantitative estimate of drug-likeness (QED) is 0.822. The van der Waals surface area contributed by atoms with Crippen LogP contribution in [0.1, 0.15) is 27.9 Å². The number of hydrogen-bond donors (Lipinski definition) is 2. The lowest BCUT2D eigenvalue weighted by Crippen LogP contribution is -2.19. The van der Waals surface area contributed by atoms with Gasteiger partial charge in [-0.15, -0.1) is 0 Å². The Morgan fingerprint density at radius 1 is 0.909 bits per heavy atom. The van der Waals surface area contributed by atoms with Crippen LogP contribution in [0.3, 0.4) is 0 Å². The molecule has 0 radical (unpaired) electrons. The Hall–Kier alpha value is -2.62. The number of carboxylic acids is 2. The Morgan fingerprint density at radius 3 is 2.18 bits per heavy atom. The van der Waals surface area contributed by atoms with Gasteiger partial charge in [0.1, 0.15) is 0 Å². The van der Waals surface area contributed by atoms with Gasteiger partial charge in [0.2, 0.25) is 0 Å². The van der Waals surface area contributed by atoms with E-state index in [4.69, 9.17) is 0 Å². The number of aliphatic carboxylic acids is 1. The minimum Gasteiger partial charge on any atom is -0.481 e. The number of benzene rings is 2. The van der Waals surface area contributed by atoms with Crippen molar-refractivity contribution in [3.05, 3.63) is 71.3 Å². The van der Waals surface area contributed by atoms with Crippen molar-refractivity contribution in [2.75, 3.05) is 0 Å². The van der Waals surface area contributed by atoms with Gasteiger partial charge in [-0.25, -0.2) is 4.79 Å². The van der Waals surface area contributed by atoms with Gasteiger partial charge in [-0.1, -0.05) is 48.5 Å². The van der Waals surface area contributed by atoms with E-state index >= 15 is 0 Å². The third kappa shape index (κ3) is 4.19. The van der Waals surface area contributed by atoms with E-state index in [1.807, 2.05) is 30.3 Å². The Balaban J connectivity index is 2.09. The van der Waals surface area contributed by atoms with Crippen molar-refractivity contribution in [1.29, 1.82) is 0 Å². The summed E-state index contributed by atoms with van der Waals surface area (Å²) in [4.78, 5) is 22.7. The molecule has 4 nitrogen and oxygen atoms in total. The maximum absolute atomic E-state index is 11.5. The first-order chi connectivity index (χ1) is 10.6. The lowest BCUT2D eigenvalue weighted by atomic mass is 9.91. The van der Waals surface area contributed by atoms with Crippen LogP contribution >= 0.6 is 0 Å². The van der Waals surface area contributed by atoms with Crippen LogP contribution in [0.5, 0.6) is 0 Å². The van der Waals surface area contributed by atoms with Crippen molar-refractivity contribution in [1.82, 2.24) is 0 Å². The first kappa shape index (κ1) is 15.8. The van der Waals surface area contributed by atoms with Crippen molar-refractivity contribution >= 4 is 11.9 Å². The highest BCUT2D eigenvalue weighted by atomic mass is 16.4. The Bertz CT molecular complexity index is 649. The molecule has 0 saturated heterocycles. The van der Waals surface area contributed by atoms with E-state index in [-0.39, 0.29) is 12.0 Å². The molecule has 2 aromatic carbocycles. The van der Waals surface area contributed by atoms with Crippen LogP contribution in [-0.4, -0.2) is 22.2 Å². The molecule has 2 N–H and O–H groups in total. The Morgan fingerprint density at radius 2 is 1.55 bits per heavy atom. The topological polar surface area (TPSA) is 74.6 Å². The van der Waals surface area contributed by atoms with Crippen LogP contribution in [-0.2, 0) is 17.6 Å². The van der Waals surface area contributed by atoms with E-state index in [0.717, 1.165) is 5.56 Å². The molecule has 2 aromatic rings. The molecule has 114 valence electrons. The monoisotopic (exact) mass is 298 g/mol. The summed E-state index contributed by atoms with van der Waals surface area (Å²) in [6, 6.07) is 16.3. The van der Waals surface area contributed by atoms with Gasteiger partial charge < -0.3 is 10.2 Å². The zero-order valence-electron chi connectivity index (χ0n) is 12.1. The van der Waals surface area contributed by atoms with Crippen LogP contribution in [0.25, 0.3) is 0 Å². The summed E-state index contributed by atoms with van der Waals surface area (Å²) in [6.45, 7) is 0. The second kappa shape index (κ2) is 7.41. The van der Waals surface area contributed by atoms with E-state index in [9.17, 15) is 19.8 Å². The molecule has 0 aliphatic heterocycles. The summed E-state index contributed by atoms with van der Waals surface area (Å²) in [6.07, 6.45) is 1.37. The SMILES string of the molecule is O=C(O)c1ccccc1CC(CCc1ccccc1)C(=O)O. The molecule has 1 unspecified atom stereocenters. The maximum atomic E-state index is 11.5. The van der Waals surface area contributed by atoms with Crippen LogP contribution in [0.4, 0.5) is 0 Å². The minimum atomic E-state index is -1.03. The predicted molar refractivity (Wildman–Crippen MR) is 83.0 cm³/mol. The fourth-order valence-corrected chi connectivity index (χ4v) is 2.47. The highest BCUT2D eigenvalue weighted by molar-refractivity contribution is 5.89. The fourth-order valence-electron chi connectivity index (χ4n) is 2.47. The average molecular weight is 298 g/mol. The molecular weight excluding hydrogens is 280 g/mol. The molecule has 4 heteroatoms. The van der Waals surface area contributed by atoms with E-state index < -0.39 is 17.9 Å². The second-order valence-electron chi connectivity index (χ2n) is 5.23. The number of aryl methyl sites for hydroxylation is 1. The Kier molecular flexibility index (Phi) is 5.31. The van der Waals surface area contributed by atoms with E-state index in [1.54, 1.807) is 18.2 Å². The molecule has 1 atom stereocenters. The largest absolute Gasteiger partial charge is 0.481 e. The fraction of sp³-hybridized carbons (Fsp3) is 0.222. The van der Waals surface area contributed by atoms with Gasteiger partial charge in [0.25, 0.3) is 0 Å². The van der Waals surface area contributed by atoms with Gasteiger partial charge in [0, 0.05) is 0 Å². The van der Waals surface area contributed by atoms with Gasteiger partial charge >= 0.3 is 11.9 Å². The molecule has 0 aliphatic carbocycles. The molecule has 0 saturated carbocycles. The number of aromatic carboxylic acids is 1. The lowest BCUT2D eigenvalue weighted by molar-refractivity contribution is -0.141. The van der Waals surface area contributed by atoms with Crippen molar-refractivity contribution < 1.29 is 19.8 Å². The molecule has 0 aromatic heterocycles. The van der Waals surface area contributed by atoms with E-state index in [1.165, 1.54) is 6.07 Å². The molecule has 0 spiro atoms. The standard InChI is InChI=1S/C18H18O4/c19-17(20)15(11-10-13-6-2-1-3-7-13)12-14-8-4-5-9-16(14)18(21)22/h1-9,15H,10-12H2,(H,19,20)(H,21,22). The number of carbonyl (C=O) groups is 2. The molecule has 0 amide bonds. The smallest absolute Gasteiger partial charge is 0.335 e. The molecule has 0 heterocycles. The molecule has 2 rings (SSSR count). The third-order valence-corrected chi connectivity index (χ3v) is 3.69. The molecule has 0 bridgehead atoms. The number of hydrogen-bond acceptors (Lipinski definition) is 2. The summed E-state index contributed by atoms with van der Waals surface area (Å²) in [5.41, 5.74) is 1.82. The van der Waals surface area contributed by atoms with Gasteiger partial charge in [-0.2, -0.15) is 0 Å². The van der Waals surface area contributed by atoms with Gasteiger partial charge in [-0.3, -0.25) is 4.79 Å². The summed E-state index contributed by atoms with van der Waals surface area (Å²) in [5, 5.41) is 18.6. The normalized spacial score (nSPS) is 11.8. The number of rotatable bonds is 7. The van der Waals surface area contributed by atoms with Crippen LogP contribution in [0.2, 0.25) is 0 Å². The van der Waals surface area contributed by atoms with Crippen molar-refractivity contribution in [3.8, 4) is 0 Å². The molecule has 22 heavy (non-hydrogen) atoms. The zero-order chi connectivity index (χ0) is 15.9. The van der Waals surface area contributed by atoms with E-state index in [0.29, 0.717) is 18.4 Å². The maximum Gasteiger partial charge on any atom is 0.335 e. The minimum absolute atomic E-state index is 0.175. The predicted octanol–water partition coefficient (Wildman–Crippen LogP) is 3.26. The van der Waals surface area contributed by atoms with Crippen molar-refractivity contribution in [2.24, 2.45) is 5.92 Å². The van der Waals surface area contributed by atoms with Crippen molar-refractivity contribution in [3.63, 3.8) is 0 Å². The number of carboxylic acid groups (broad SMARTS) is 2. The summed E-state index contributed by atoms with van der Waals surface area (Å²) in [5.74, 6) is -2.51. The van der Waals surface area contributed by atoms with Gasteiger partial charge in [0.05, 0.1) is 11.5 Å². The highest BCUT2D eigenvalue weighted by Gasteiger charge is 2.20. The molecular formula is C18H18O4. The Labute approximate surface area is 129 Å². The van der Waals surface area contributed by atoms with E-state index in [2.05, 4.69) is 0 Å². The second-order valence-corrected chi connectivity index (χ2v) is 5.23. The first-order valence-corrected chi connectivity index (χ1v) is 7.16. The van der Waals surface area contributed by atoms with Crippen LogP contribution in [0, 0.1) is 5.92 Å². The van der Waals surface area contributed by atoms with Crippen molar-refractivity contribution in [2.45, 2.75) is 19.3 Å². The van der Waals surface area contributed by atoms with Crippen LogP contribution < -0.4 is 0 Å². The highest BCUT2D eigenvalue weighted by Crippen LogP contribution is 2.19. The van der Waals surface area contributed by atoms with Gasteiger partial charge in [0.15, 0.2) is 0 Å². The summed E-state index contributed by atoms with van der Waals surface area (Å²) >= 11 is 0. The first-order valence-electron chi connectivity index (χ1n) is 7.16. The molecule has 0 aliphatic rings. The third-order valence-electron chi connectivity index (χ3n) is 3.69. The average Bonchev–Trinajstić information content (AvgIpc) is 2.52.